The molecule has 0 spiro atoms. The molecule has 0 aliphatic carbocycles. The van der Waals surface area contributed by atoms with Crippen LogP contribution in [0.5, 0.6) is 0 Å². The zero-order valence-electron chi connectivity index (χ0n) is 14.0. The molecule has 0 saturated carbocycles. The first kappa shape index (κ1) is 15.3. The van der Waals surface area contributed by atoms with Crippen LogP contribution in [-0.4, -0.2) is 0 Å². The summed E-state index contributed by atoms with van der Waals surface area (Å²) in [5.74, 6) is 0. The molecular weight excluding hydrogens is 276 g/mol. The quantitative estimate of drug-likeness (QED) is 0.505. The normalized spacial score (nSPS) is 10.4. The largest absolute Gasteiger partial charge is 0.0620 e. The highest BCUT2D eigenvalue weighted by atomic mass is 14.1. The first-order chi connectivity index (χ1) is 11.1. The molecule has 0 saturated heterocycles. The van der Waals surface area contributed by atoms with E-state index in [1.165, 1.54) is 39.0 Å². The topological polar surface area (TPSA) is 0 Å². The van der Waals surface area contributed by atoms with Crippen LogP contribution in [0.1, 0.15) is 33.4 Å². The van der Waals surface area contributed by atoms with Gasteiger partial charge >= 0.3 is 0 Å². The SMILES string of the molecule is Cc1ccc(C(=Cc2ccccc2C)c2ccc(C)cc2)cc1. The van der Waals surface area contributed by atoms with Gasteiger partial charge in [0.2, 0.25) is 0 Å². The molecule has 0 aliphatic rings. The van der Waals surface area contributed by atoms with Crippen molar-refractivity contribution in [3.8, 4) is 0 Å². The Labute approximate surface area is 139 Å². The van der Waals surface area contributed by atoms with E-state index in [9.17, 15) is 0 Å². The third-order valence-electron chi connectivity index (χ3n) is 4.21. The second kappa shape index (κ2) is 6.66. The van der Waals surface area contributed by atoms with E-state index in [2.05, 4.69) is 99.6 Å². The molecule has 0 fully saturated rings. The lowest BCUT2D eigenvalue weighted by Gasteiger charge is -2.11. The van der Waals surface area contributed by atoms with Crippen molar-refractivity contribution in [3.05, 3.63) is 106 Å². The Morgan fingerprint density at radius 1 is 0.609 bits per heavy atom. The van der Waals surface area contributed by atoms with Crippen LogP contribution in [0, 0.1) is 20.8 Å². The molecule has 0 N–H and O–H groups in total. The maximum absolute atomic E-state index is 2.30. The lowest BCUT2D eigenvalue weighted by molar-refractivity contribution is 1.42. The molecule has 0 heteroatoms. The van der Waals surface area contributed by atoms with Crippen LogP contribution < -0.4 is 0 Å². The second-order valence-electron chi connectivity index (χ2n) is 6.15. The maximum atomic E-state index is 2.30. The minimum Gasteiger partial charge on any atom is -0.0620 e. The van der Waals surface area contributed by atoms with Crippen LogP contribution in [0.25, 0.3) is 11.6 Å². The molecule has 0 nitrogen and oxygen atoms in total. The summed E-state index contributed by atoms with van der Waals surface area (Å²) in [5.41, 5.74) is 8.90. The summed E-state index contributed by atoms with van der Waals surface area (Å²) in [4.78, 5) is 0. The third-order valence-corrected chi connectivity index (χ3v) is 4.21. The fourth-order valence-corrected chi connectivity index (χ4v) is 2.70. The van der Waals surface area contributed by atoms with E-state index in [4.69, 9.17) is 0 Å². The van der Waals surface area contributed by atoms with Crippen LogP contribution in [-0.2, 0) is 0 Å². The van der Waals surface area contributed by atoms with Gasteiger partial charge in [0.1, 0.15) is 0 Å². The Morgan fingerprint density at radius 3 is 1.57 bits per heavy atom. The smallest absolute Gasteiger partial charge is 0.0105 e. The number of benzene rings is 3. The molecule has 23 heavy (non-hydrogen) atoms. The maximum Gasteiger partial charge on any atom is -0.0105 e. The van der Waals surface area contributed by atoms with E-state index in [-0.39, 0.29) is 0 Å². The van der Waals surface area contributed by atoms with Gasteiger partial charge in [-0.05, 0) is 54.7 Å². The highest BCUT2D eigenvalue weighted by Gasteiger charge is 2.06. The first-order valence-electron chi connectivity index (χ1n) is 8.05. The van der Waals surface area contributed by atoms with Crippen molar-refractivity contribution in [2.75, 3.05) is 0 Å². The molecule has 0 heterocycles. The van der Waals surface area contributed by atoms with Gasteiger partial charge in [0.25, 0.3) is 0 Å². The zero-order chi connectivity index (χ0) is 16.2. The summed E-state index contributed by atoms with van der Waals surface area (Å²) < 4.78 is 0. The number of rotatable bonds is 3. The average molecular weight is 298 g/mol. The monoisotopic (exact) mass is 298 g/mol. The predicted octanol–water partition coefficient (Wildman–Crippen LogP) is 6.20. The Balaban J connectivity index is 2.15. The van der Waals surface area contributed by atoms with Gasteiger partial charge in [-0.3, -0.25) is 0 Å². The zero-order valence-corrected chi connectivity index (χ0v) is 14.0. The van der Waals surface area contributed by atoms with E-state index in [0.717, 1.165) is 0 Å². The molecule has 3 aromatic carbocycles. The Morgan fingerprint density at radius 2 is 1.09 bits per heavy atom. The summed E-state index contributed by atoms with van der Waals surface area (Å²) in [5, 5.41) is 0. The van der Waals surface area contributed by atoms with Crippen molar-refractivity contribution in [3.63, 3.8) is 0 Å². The van der Waals surface area contributed by atoms with Crippen LogP contribution in [0.4, 0.5) is 0 Å². The van der Waals surface area contributed by atoms with E-state index >= 15 is 0 Å². The molecule has 0 aromatic heterocycles. The van der Waals surface area contributed by atoms with Crippen molar-refractivity contribution in [2.45, 2.75) is 20.8 Å². The second-order valence-corrected chi connectivity index (χ2v) is 6.15. The molecule has 0 unspecified atom stereocenters. The van der Waals surface area contributed by atoms with Crippen LogP contribution in [0.15, 0.2) is 72.8 Å². The van der Waals surface area contributed by atoms with Gasteiger partial charge in [0.15, 0.2) is 0 Å². The van der Waals surface area contributed by atoms with Crippen molar-refractivity contribution < 1.29 is 0 Å². The summed E-state index contributed by atoms with van der Waals surface area (Å²) in [6.45, 7) is 6.41. The minimum absolute atomic E-state index is 1.25. The lowest BCUT2D eigenvalue weighted by Crippen LogP contribution is -1.90. The summed E-state index contributed by atoms with van der Waals surface area (Å²) >= 11 is 0. The van der Waals surface area contributed by atoms with Crippen molar-refractivity contribution >= 4 is 11.6 Å². The van der Waals surface area contributed by atoms with E-state index < -0.39 is 0 Å². The molecular formula is C23H22. The standard InChI is InChI=1S/C23H22/c1-17-8-12-20(13-9-17)23(21-14-10-18(2)11-15-21)16-22-7-5-4-6-19(22)3/h4-16H,1-3H3. The summed E-state index contributed by atoms with van der Waals surface area (Å²) in [6, 6.07) is 26.1. The van der Waals surface area contributed by atoms with Crippen molar-refractivity contribution in [1.29, 1.82) is 0 Å². The van der Waals surface area contributed by atoms with Gasteiger partial charge in [-0.25, -0.2) is 0 Å². The van der Waals surface area contributed by atoms with Gasteiger partial charge in [-0.15, -0.1) is 0 Å². The average Bonchev–Trinajstić information content (AvgIpc) is 2.56. The van der Waals surface area contributed by atoms with Gasteiger partial charge in [0, 0.05) is 0 Å². The molecule has 3 rings (SSSR count). The fourth-order valence-electron chi connectivity index (χ4n) is 2.70. The number of hydrogen-bond donors (Lipinski definition) is 0. The lowest BCUT2D eigenvalue weighted by atomic mass is 9.93. The van der Waals surface area contributed by atoms with Gasteiger partial charge in [-0.2, -0.15) is 0 Å². The third kappa shape index (κ3) is 3.60. The molecule has 0 aliphatic heterocycles. The highest BCUT2D eigenvalue weighted by Crippen LogP contribution is 2.27. The Bertz CT molecular complexity index is 771. The van der Waals surface area contributed by atoms with E-state index in [1.54, 1.807) is 0 Å². The first-order valence-corrected chi connectivity index (χ1v) is 8.05. The predicted molar refractivity (Wildman–Crippen MR) is 101 cm³/mol. The van der Waals surface area contributed by atoms with E-state index in [1.807, 2.05) is 0 Å². The number of aryl methyl sites for hydroxylation is 3. The van der Waals surface area contributed by atoms with Crippen LogP contribution >= 0.6 is 0 Å². The molecule has 0 radical (unpaired) electrons. The van der Waals surface area contributed by atoms with Crippen molar-refractivity contribution in [1.82, 2.24) is 0 Å². The van der Waals surface area contributed by atoms with E-state index in [0.29, 0.717) is 0 Å². The molecule has 114 valence electrons. The molecule has 0 amide bonds. The Kier molecular flexibility index (Phi) is 4.43. The van der Waals surface area contributed by atoms with Crippen LogP contribution in [0.3, 0.4) is 0 Å². The number of hydrogen-bond acceptors (Lipinski definition) is 0. The van der Waals surface area contributed by atoms with Crippen molar-refractivity contribution in [2.24, 2.45) is 0 Å². The summed E-state index contributed by atoms with van der Waals surface area (Å²) in [6.07, 6.45) is 2.30. The Hall–Kier alpha value is -2.60. The van der Waals surface area contributed by atoms with Crippen LogP contribution in [0.2, 0.25) is 0 Å². The van der Waals surface area contributed by atoms with Gasteiger partial charge < -0.3 is 0 Å². The fraction of sp³-hybridized carbons (Fsp3) is 0.130. The summed E-state index contributed by atoms with van der Waals surface area (Å²) in [7, 11) is 0. The van der Waals surface area contributed by atoms with Gasteiger partial charge in [0.05, 0.1) is 0 Å². The molecule has 0 bridgehead atoms. The molecule has 3 aromatic rings. The minimum atomic E-state index is 1.25. The van der Waals surface area contributed by atoms with Gasteiger partial charge in [-0.1, -0.05) is 83.9 Å². The highest BCUT2D eigenvalue weighted by molar-refractivity contribution is 5.91. The molecule has 0 atom stereocenters.